The average molecular weight is 483 g/mol. The first-order valence-electron chi connectivity index (χ1n) is 10.4. The van der Waals surface area contributed by atoms with Crippen LogP contribution < -0.4 is 15.6 Å². The van der Waals surface area contributed by atoms with E-state index in [4.69, 9.17) is 4.74 Å². The van der Waals surface area contributed by atoms with Gasteiger partial charge >= 0.3 is 0 Å². The first kappa shape index (κ1) is 25.9. The predicted octanol–water partition coefficient (Wildman–Crippen LogP) is 2.80. The van der Waals surface area contributed by atoms with Gasteiger partial charge in [-0.25, -0.2) is 13.4 Å². The van der Waals surface area contributed by atoms with Crippen molar-refractivity contribution in [3.63, 3.8) is 0 Å². The van der Waals surface area contributed by atoms with Crippen LogP contribution in [0.3, 0.4) is 0 Å². The van der Waals surface area contributed by atoms with E-state index in [2.05, 4.69) is 15.3 Å². The van der Waals surface area contributed by atoms with Crippen LogP contribution in [0, 0.1) is 6.92 Å². The van der Waals surface area contributed by atoms with Gasteiger partial charge < -0.3 is 15.0 Å². The number of hydrogen-bond acceptors (Lipinski definition) is 7. The molecule has 1 heterocycles. The van der Waals surface area contributed by atoms with Crippen LogP contribution in [0.15, 0.2) is 33.0 Å². The standard InChI is InChI=1S/C21H30N4O5S2/c1-6-25(7-2)32(28,29)15-9-11-18(30-8-3)17(13-15)23-19(26)12-10-16-14(4)22-21(31-5)24-20(16)27/h9,11,13H,6-8,10,12H2,1-5H3,(H,23,26)(H,22,24,27). The number of aromatic amines is 1. The van der Waals surface area contributed by atoms with Crippen molar-refractivity contribution < 1.29 is 17.9 Å². The van der Waals surface area contributed by atoms with Gasteiger partial charge in [0.25, 0.3) is 5.56 Å². The molecule has 2 aromatic rings. The number of aromatic nitrogens is 2. The molecule has 0 aliphatic heterocycles. The molecular formula is C21H30N4O5S2. The molecule has 0 fully saturated rings. The van der Waals surface area contributed by atoms with Crippen molar-refractivity contribution in [1.82, 2.24) is 14.3 Å². The summed E-state index contributed by atoms with van der Waals surface area (Å²) in [7, 11) is -3.69. The summed E-state index contributed by atoms with van der Waals surface area (Å²) >= 11 is 1.33. The van der Waals surface area contributed by atoms with Crippen molar-refractivity contribution in [1.29, 1.82) is 0 Å². The van der Waals surface area contributed by atoms with Crippen molar-refractivity contribution >= 4 is 33.4 Å². The Kier molecular flexibility index (Phi) is 9.29. The number of aryl methyl sites for hydroxylation is 1. The molecule has 1 aromatic carbocycles. The topological polar surface area (TPSA) is 121 Å². The van der Waals surface area contributed by atoms with Crippen molar-refractivity contribution in [2.45, 2.75) is 50.6 Å². The maximum Gasteiger partial charge on any atom is 0.254 e. The van der Waals surface area contributed by atoms with Gasteiger partial charge in [0.15, 0.2) is 5.16 Å². The van der Waals surface area contributed by atoms with Gasteiger partial charge in [-0.15, -0.1) is 0 Å². The van der Waals surface area contributed by atoms with Gasteiger partial charge in [-0.1, -0.05) is 25.6 Å². The van der Waals surface area contributed by atoms with Crippen LogP contribution in [0.2, 0.25) is 0 Å². The summed E-state index contributed by atoms with van der Waals surface area (Å²) in [4.78, 5) is 32.0. The molecule has 0 saturated heterocycles. The fourth-order valence-electron chi connectivity index (χ4n) is 3.19. The van der Waals surface area contributed by atoms with Crippen LogP contribution >= 0.6 is 11.8 Å². The number of carbonyl (C=O) groups is 1. The average Bonchev–Trinajstić information content (AvgIpc) is 2.74. The van der Waals surface area contributed by atoms with Gasteiger partial charge in [-0.05, 0) is 44.7 Å². The molecule has 1 amide bonds. The fourth-order valence-corrected chi connectivity index (χ4v) is 5.10. The minimum absolute atomic E-state index is 0.0306. The number of anilines is 1. The summed E-state index contributed by atoms with van der Waals surface area (Å²) in [6.45, 7) is 8.09. The van der Waals surface area contributed by atoms with Gasteiger partial charge in [0, 0.05) is 30.8 Å². The Morgan fingerprint density at radius 3 is 2.50 bits per heavy atom. The zero-order chi connectivity index (χ0) is 23.9. The molecule has 0 unspecified atom stereocenters. The van der Waals surface area contributed by atoms with Crippen LogP contribution in [-0.4, -0.2) is 54.6 Å². The normalized spacial score (nSPS) is 11.6. The van der Waals surface area contributed by atoms with Crippen molar-refractivity contribution in [3.05, 3.63) is 39.8 Å². The summed E-state index contributed by atoms with van der Waals surface area (Å²) in [5.41, 5.74) is 1.03. The summed E-state index contributed by atoms with van der Waals surface area (Å²) in [5.74, 6) is 0.00967. The number of nitrogens with zero attached hydrogens (tertiary/aromatic N) is 2. The van der Waals surface area contributed by atoms with Gasteiger partial charge in [0.1, 0.15) is 5.75 Å². The number of thioether (sulfide) groups is 1. The molecule has 0 bridgehead atoms. The Morgan fingerprint density at radius 2 is 1.94 bits per heavy atom. The third kappa shape index (κ3) is 6.11. The molecule has 9 nitrogen and oxygen atoms in total. The smallest absolute Gasteiger partial charge is 0.254 e. The number of nitrogens with one attached hydrogen (secondary N) is 2. The molecule has 32 heavy (non-hydrogen) atoms. The number of carbonyl (C=O) groups excluding carboxylic acids is 1. The monoisotopic (exact) mass is 482 g/mol. The molecule has 176 valence electrons. The van der Waals surface area contributed by atoms with Crippen LogP contribution in [0.25, 0.3) is 0 Å². The van der Waals surface area contributed by atoms with Gasteiger partial charge in [0.2, 0.25) is 15.9 Å². The van der Waals surface area contributed by atoms with E-state index in [9.17, 15) is 18.0 Å². The van der Waals surface area contributed by atoms with Crippen LogP contribution in [-0.2, 0) is 21.2 Å². The number of rotatable bonds is 11. The van der Waals surface area contributed by atoms with Crippen LogP contribution in [0.5, 0.6) is 5.75 Å². The first-order chi connectivity index (χ1) is 15.2. The molecular weight excluding hydrogens is 452 g/mol. The molecule has 0 aliphatic carbocycles. The number of H-pyrrole nitrogens is 1. The van der Waals surface area contributed by atoms with Crippen LogP contribution in [0.1, 0.15) is 38.4 Å². The molecule has 0 radical (unpaired) electrons. The molecule has 2 rings (SSSR count). The fraction of sp³-hybridized carbons (Fsp3) is 0.476. The van der Waals surface area contributed by atoms with E-state index in [-0.39, 0.29) is 34.9 Å². The SMILES string of the molecule is CCOc1ccc(S(=O)(=O)N(CC)CC)cc1NC(=O)CCc1c(C)nc(SC)[nH]c1=O. The zero-order valence-corrected chi connectivity index (χ0v) is 20.7. The van der Waals surface area contributed by atoms with Gasteiger partial charge in [-0.3, -0.25) is 9.59 Å². The van der Waals surface area contributed by atoms with E-state index in [0.717, 1.165) is 0 Å². The number of sulfonamides is 1. The summed E-state index contributed by atoms with van der Waals surface area (Å²) in [5, 5.41) is 3.25. The van der Waals surface area contributed by atoms with Crippen LogP contribution in [0.4, 0.5) is 5.69 Å². The highest BCUT2D eigenvalue weighted by atomic mass is 32.2. The highest BCUT2D eigenvalue weighted by molar-refractivity contribution is 7.98. The molecule has 0 aliphatic rings. The lowest BCUT2D eigenvalue weighted by molar-refractivity contribution is -0.116. The Bertz CT molecular complexity index is 1110. The third-order valence-electron chi connectivity index (χ3n) is 4.86. The van der Waals surface area contributed by atoms with Gasteiger partial charge in [0.05, 0.1) is 17.2 Å². The molecule has 1 aromatic heterocycles. The quantitative estimate of drug-likeness (QED) is 0.373. The minimum atomic E-state index is -3.69. The van der Waals surface area contributed by atoms with E-state index < -0.39 is 10.0 Å². The number of benzene rings is 1. The summed E-state index contributed by atoms with van der Waals surface area (Å²) in [6.07, 6.45) is 2.05. The Hall–Kier alpha value is -2.37. The van der Waals surface area contributed by atoms with E-state index in [1.165, 1.54) is 34.3 Å². The molecule has 0 spiro atoms. The maximum absolute atomic E-state index is 12.9. The maximum atomic E-state index is 12.9. The summed E-state index contributed by atoms with van der Waals surface area (Å²) < 4.78 is 32.6. The zero-order valence-electron chi connectivity index (χ0n) is 19.0. The number of hydrogen-bond donors (Lipinski definition) is 2. The van der Waals surface area contributed by atoms with Crippen molar-refractivity contribution in [3.8, 4) is 5.75 Å². The van der Waals surface area contributed by atoms with Crippen molar-refractivity contribution in [2.75, 3.05) is 31.3 Å². The second-order valence-electron chi connectivity index (χ2n) is 6.87. The Balaban J connectivity index is 2.25. The highest BCUT2D eigenvalue weighted by Gasteiger charge is 2.23. The lowest BCUT2D eigenvalue weighted by Gasteiger charge is -2.20. The van der Waals surface area contributed by atoms with E-state index in [1.807, 2.05) is 6.26 Å². The lowest BCUT2D eigenvalue weighted by atomic mass is 10.1. The molecule has 0 atom stereocenters. The largest absolute Gasteiger partial charge is 0.492 e. The highest BCUT2D eigenvalue weighted by Crippen LogP contribution is 2.29. The summed E-state index contributed by atoms with van der Waals surface area (Å²) in [6, 6.07) is 4.41. The second-order valence-corrected chi connectivity index (χ2v) is 9.60. The van der Waals surface area contributed by atoms with E-state index >= 15 is 0 Å². The third-order valence-corrected chi connectivity index (χ3v) is 7.49. The Morgan fingerprint density at radius 1 is 1.25 bits per heavy atom. The van der Waals surface area contributed by atoms with Crippen molar-refractivity contribution in [2.24, 2.45) is 0 Å². The number of ether oxygens (including phenoxy) is 1. The second kappa shape index (κ2) is 11.5. The number of amides is 1. The minimum Gasteiger partial charge on any atom is -0.492 e. The Labute approximate surface area is 193 Å². The first-order valence-corrected chi connectivity index (χ1v) is 13.0. The van der Waals surface area contributed by atoms with E-state index in [1.54, 1.807) is 27.7 Å². The molecule has 2 N–H and O–H groups in total. The van der Waals surface area contributed by atoms with E-state index in [0.29, 0.717) is 41.9 Å². The van der Waals surface area contributed by atoms with Gasteiger partial charge in [-0.2, -0.15) is 4.31 Å². The predicted molar refractivity (Wildman–Crippen MR) is 126 cm³/mol. The molecule has 0 saturated carbocycles. The molecule has 11 heteroatoms. The lowest BCUT2D eigenvalue weighted by Crippen LogP contribution is -2.30.